The van der Waals surface area contributed by atoms with Crippen LogP contribution in [0.1, 0.15) is 119 Å². The maximum absolute atomic E-state index is 11.9. The highest BCUT2D eigenvalue weighted by molar-refractivity contribution is 5.26. The monoisotopic (exact) mass is 855 g/mol. The van der Waals surface area contributed by atoms with E-state index in [-0.39, 0.29) is 18.6 Å². The summed E-state index contributed by atoms with van der Waals surface area (Å²) in [6, 6.07) is 0. The first-order valence-corrected chi connectivity index (χ1v) is 23.4. The molecule has 0 radical (unpaired) electrons. The molecule has 4 aliphatic carbocycles. The van der Waals surface area contributed by atoms with Gasteiger partial charge in [-0.1, -0.05) is 66.0 Å². The van der Waals surface area contributed by atoms with Crippen LogP contribution in [0.5, 0.6) is 0 Å². The number of ether oxygens (including phenoxy) is 6. The second kappa shape index (κ2) is 19.0. The molecule has 8 N–H and O–H groups in total. The maximum Gasteiger partial charge on any atom is 0.187 e. The van der Waals surface area contributed by atoms with Gasteiger partial charge in [0.15, 0.2) is 18.9 Å². The zero-order valence-corrected chi connectivity index (χ0v) is 37.0. The van der Waals surface area contributed by atoms with Crippen molar-refractivity contribution in [2.45, 2.75) is 211 Å². The molecule has 14 nitrogen and oxygen atoms in total. The van der Waals surface area contributed by atoms with Crippen molar-refractivity contribution in [3.63, 3.8) is 0 Å². The molecule has 0 aromatic heterocycles. The van der Waals surface area contributed by atoms with Crippen LogP contribution in [0.15, 0.2) is 11.6 Å². The van der Waals surface area contributed by atoms with E-state index in [0.717, 1.165) is 48.9 Å². The van der Waals surface area contributed by atoms with Gasteiger partial charge in [0.1, 0.15) is 61.0 Å². The van der Waals surface area contributed by atoms with Crippen molar-refractivity contribution in [2.75, 3.05) is 13.2 Å². The third-order valence-electron chi connectivity index (χ3n) is 17.2. The minimum absolute atomic E-state index is 0.0435. The normalized spacial score (nSPS) is 50.7. The molecule has 0 aromatic carbocycles. The summed E-state index contributed by atoms with van der Waals surface area (Å²) in [7, 11) is 0. The Morgan fingerprint density at radius 2 is 1.48 bits per heavy atom. The fourth-order valence-corrected chi connectivity index (χ4v) is 13.4. The van der Waals surface area contributed by atoms with Crippen LogP contribution in [0, 0.1) is 52.3 Å². The van der Waals surface area contributed by atoms with Crippen LogP contribution in [0.4, 0.5) is 0 Å². The summed E-state index contributed by atoms with van der Waals surface area (Å²) in [5, 5.41) is 85.1. The van der Waals surface area contributed by atoms with Gasteiger partial charge in [-0.15, -0.1) is 0 Å². The van der Waals surface area contributed by atoms with Crippen molar-refractivity contribution in [3.8, 4) is 0 Å². The lowest BCUT2D eigenvalue weighted by atomic mass is 9.46. The summed E-state index contributed by atoms with van der Waals surface area (Å²) in [5.41, 5.74) is 1.83. The van der Waals surface area contributed by atoms with Crippen LogP contribution in [-0.2, 0) is 28.4 Å². The average molecular weight is 855 g/mol. The van der Waals surface area contributed by atoms with Crippen molar-refractivity contribution < 1.29 is 69.3 Å². The summed E-state index contributed by atoms with van der Waals surface area (Å²) < 4.78 is 35.5. The number of allylic oxidation sites excluding steroid dienone is 1. The Kier molecular flexibility index (Phi) is 14.9. The standard InChI is InChI=1S/C46H78O14/c1-8-25(22(2)3)10-9-23(4)29-13-14-30-28-12-11-26-19-27(15-17-45(26,6)31(28)16-18-46(29,30)7)58-40-33(21-56-43-37(51)35(49)32(47)20-55-43)59-42(54)41(39(40)53)60-44-38(52)36(50)34(48)24(5)57-44/h19,22-25,27-44,47-54H,8-18,20-21H2,1-7H3/t23-,24+,25-,27+,28+,29-,30+,31+,32-,33+,34+,35+,36-,37-,38-,39-,40+,41+,42+,43+,44+,45+,46-/m1/s1. The molecule has 346 valence electrons. The lowest BCUT2D eigenvalue weighted by molar-refractivity contribution is -0.366. The number of rotatable bonds is 13. The Morgan fingerprint density at radius 1 is 0.750 bits per heavy atom. The van der Waals surface area contributed by atoms with Crippen LogP contribution in [0.3, 0.4) is 0 Å². The summed E-state index contributed by atoms with van der Waals surface area (Å²) in [6.07, 6.45) is -5.10. The molecule has 0 unspecified atom stereocenters. The molecule has 7 aliphatic rings. The van der Waals surface area contributed by atoms with Crippen molar-refractivity contribution >= 4 is 0 Å². The largest absolute Gasteiger partial charge is 0.388 e. The molecular formula is C46H78O14. The van der Waals surface area contributed by atoms with E-state index in [1.807, 2.05) is 0 Å². The van der Waals surface area contributed by atoms with Crippen molar-refractivity contribution in [3.05, 3.63) is 11.6 Å². The van der Waals surface area contributed by atoms with Gasteiger partial charge < -0.3 is 69.3 Å². The second-order valence-electron chi connectivity index (χ2n) is 20.8. The predicted octanol–water partition coefficient (Wildman–Crippen LogP) is 3.16. The summed E-state index contributed by atoms with van der Waals surface area (Å²) in [6.45, 7) is 15.6. The summed E-state index contributed by atoms with van der Waals surface area (Å²) in [4.78, 5) is 0. The topological polar surface area (TPSA) is 217 Å². The summed E-state index contributed by atoms with van der Waals surface area (Å²) in [5.74, 6) is 5.12. The minimum Gasteiger partial charge on any atom is -0.388 e. The molecule has 3 heterocycles. The molecule has 3 saturated carbocycles. The molecule has 0 bridgehead atoms. The van der Waals surface area contributed by atoms with E-state index in [4.69, 9.17) is 28.4 Å². The van der Waals surface area contributed by atoms with Gasteiger partial charge in [-0.05, 0) is 117 Å². The maximum atomic E-state index is 11.9. The van der Waals surface area contributed by atoms with E-state index in [2.05, 4.69) is 47.6 Å². The zero-order chi connectivity index (χ0) is 43.4. The number of fused-ring (bicyclic) bond motifs is 5. The van der Waals surface area contributed by atoms with Crippen molar-refractivity contribution in [1.82, 2.24) is 0 Å². The highest BCUT2D eigenvalue weighted by Crippen LogP contribution is 2.68. The second-order valence-corrected chi connectivity index (χ2v) is 20.8. The van der Waals surface area contributed by atoms with E-state index in [9.17, 15) is 40.9 Å². The molecular weight excluding hydrogens is 776 g/mol. The Balaban J connectivity index is 1.05. The Bertz CT molecular complexity index is 1450. The third kappa shape index (κ3) is 8.93. The fourth-order valence-electron chi connectivity index (χ4n) is 13.4. The third-order valence-corrected chi connectivity index (χ3v) is 17.2. The van der Waals surface area contributed by atoms with Crippen molar-refractivity contribution in [2.24, 2.45) is 52.3 Å². The first-order valence-electron chi connectivity index (χ1n) is 23.4. The van der Waals surface area contributed by atoms with E-state index < -0.39 is 92.1 Å². The summed E-state index contributed by atoms with van der Waals surface area (Å²) >= 11 is 0. The molecule has 3 aliphatic heterocycles. The fraction of sp³-hybridized carbons (Fsp3) is 0.957. The lowest BCUT2D eigenvalue weighted by Gasteiger charge is -2.59. The highest BCUT2D eigenvalue weighted by atomic mass is 16.7. The number of hydrogen-bond donors (Lipinski definition) is 8. The van der Waals surface area contributed by atoms with Crippen molar-refractivity contribution in [1.29, 1.82) is 0 Å². The molecule has 7 rings (SSSR count). The molecule has 0 aromatic rings. The van der Waals surface area contributed by atoms with E-state index in [0.29, 0.717) is 23.7 Å². The first kappa shape index (κ1) is 47.2. The molecule has 0 spiro atoms. The Hall–Kier alpha value is -0.820. The minimum atomic E-state index is -1.76. The number of hydrogen-bond acceptors (Lipinski definition) is 14. The van der Waals surface area contributed by atoms with E-state index in [1.165, 1.54) is 57.4 Å². The predicted molar refractivity (Wildman–Crippen MR) is 219 cm³/mol. The molecule has 23 atom stereocenters. The van der Waals surface area contributed by atoms with Crippen LogP contribution < -0.4 is 0 Å². The molecule has 6 fully saturated rings. The van der Waals surface area contributed by atoms with Gasteiger partial charge in [-0.2, -0.15) is 0 Å². The van der Waals surface area contributed by atoms with Crippen LogP contribution in [0.2, 0.25) is 0 Å². The Labute approximate surface area is 356 Å². The first-order chi connectivity index (χ1) is 28.4. The van der Waals surface area contributed by atoms with Crippen LogP contribution in [-0.4, -0.2) is 146 Å². The lowest BCUT2D eigenvalue weighted by Crippen LogP contribution is -2.65. The quantitative estimate of drug-likeness (QED) is 0.125. The Morgan fingerprint density at radius 3 is 2.20 bits per heavy atom. The average Bonchev–Trinajstić information content (AvgIpc) is 3.58. The van der Waals surface area contributed by atoms with Gasteiger partial charge in [-0.25, -0.2) is 0 Å². The van der Waals surface area contributed by atoms with Crippen LogP contribution >= 0.6 is 0 Å². The van der Waals surface area contributed by atoms with Gasteiger partial charge in [0.25, 0.3) is 0 Å². The molecule has 60 heavy (non-hydrogen) atoms. The molecule has 3 saturated heterocycles. The number of aliphatic hydroxyl groups excluding tert-OH is 8. The molecule has 14 heteroatoms. The van der Waals surface area contributed by atoms with E-state index in [1.54, 1.807) is 0 Å². The van der Waals surface area contributed by atoms with Gasteiger partial charge >= 0.3 is 0 Å². The smallest absolute Gasteiger partial charge is 0.187 e. The van der Waals surface area contributed by atoms with Gasteiger partial charge in [-0.3, -0.25) is 0 Å². The van der Waals surface area contributed by atoms with Crippen LogP contribution in [0.25, 0.3) is 0 Å². The number of aliphatic hydroxyl groups is 8. The van der Waals surface area contributed by atoms with E-state index >= 15 is 0 Å². The van der Waals surface area contributed by atoms with Gasteiger partial charge in [0, 0.05) is 0 Å². The molecule has 0 amide bonds. The van der Waals surface area contributed by atoms with Gasteiger partial charge in [0.05, 0.1) is 25.4 Å². The van der Waals surface area contributed by atoms with Gasteiger partial charge in [0.2, 0.25) is 0 Å². The zero-order valence-electron chi connectivity index (χ0n) is 37.0. The highest BCUT2D eigenvalue weighted by Gasteiger charge is 2.60. The SMILES string of the molecule is CC[C@H](CC[C@@H](C)[C@H]1CC[C@H]2[C@@H]3CCC4=C[C@@H](O[C@@H]5[C@@H](O)[C@H](O[C@@H]6O[C@@H](C)[C@H](O)[C@@H](O)[C@H]6O)[C@@H](O)O[C@H]5CO[C@@H]5OC[C@@H](O)[C@H](O)[C@H]5O)CC[C@]4(C)[C@H]3CC[C@]12C)C(C)C.